The first kappa shape index (κ1) is 8.79. The summed E-state index contributed by atoms with van der Waals surface area (Å²) < 4.78 is 0. The van der Waals surface area contributed by atoms with Crippen LogP contribution >= 0.6 is 0 Å². The molecule has 1 N–H and O–H groups in total. The zero-order valence-corrected chi connectivity index (χ0v) is 7.88. The first-order chi connectivity index (χ1) is 6.14. The average molecular weight is 180 g/mol. The summed E-state index contributed by atoms with van der Waals surface area (Å²) in [6.45, 7) is 3.75. The van der Waals surface area contributed by atoms with Crippen LogP contribution in [0.1, 0.15) is 38.5 Å². The number of aliphatic carboxylic acids is 1. The Morgan fingerprint density at radius 3 is 2.08 bits per heavy atom. The maximum atomic E-state index is 10.9. The largest absolute Gasteiger partial charge is 0.478 e. The van der Waals surface area contributed by atoms with Crippen molar-refractivity contribution in [2.75, 3.05) is 0 Å². The van der Waals surface area contributed by atoms with Gasteiger partial charge in [-0.25, -0.2) is 4.79 Å². The maximum Gasteiger partial charge on any atom is 0.331 e. The second-order valence-electron chi connectivity index (χ2n) is 4.55. The second-order valence-corrected chi connectivity index (χ2v) is 4.55. The molecule has 2 bridgehead atoms. The zero-order valence-electron chi connectivity index (χ0n) is 7.88. The van der Waals surface area contributed by atoms with Crippen molar-refractivity contribution < 1.29 is 9.90 Å². The molecule has 0 spiro atoms. The number of rotatable bonds is 2. The number of carbonyl (C=O) groups is 1. The fraction of sp³-hybridized carbons (Fsp3) is 0.727. The predicted octanol–water partition coefficient (Wildman–Crippen LogP) is 2.60. The van der Waals surface area contributed by atoms with Crippen LogP contribution in [0, 0.1) is 11.3 Å². The van der Waals surface area contributed by atoms with Gasteiger partial charge in [0.15, 0.2) is 0 Å². The molecule has 0 amide bonds. The minimum absolute atomic E-state index is 0.0272. The molecule has 0 aromatic carbocycles. The van der Waals surface area contributed by atoms with Crippen LogP contribution in [-0.2, 0) is 4.79 Å². The highest BCUT2D eigenvalue weighted by Gasteiger charge is 2.44. The van der Waals surface area contributed by atoms with E-state index >= 15 is 0 Å². The topological polar surface area (TPSA) is 37.3 Å². The van der Waals surface area contributed by atoms with Gasteiger partial charge in [0.05, 0.1) is 0 Å². The van der Waals surface area contributed by atoms with Gasteiger partial charge in [-0.1, -0.05) is 6.58 Å². The lowest BCUT2D eigenvalue weighted by atomic mass is 9.58. The van der Waals surface area contributed by atoms with Crippen molar-refractivity contribution in [3.8, 4) is 0 Å². The van der Waals surface area contributed by atoms with E-state index in [0.29, 0.717) is 5.57 Å². The van der Waals surface area contributed by atoms with Crippen molar-refractivity contribution in [3.05, 3.63) is 12.2 Å². The van der Waals surface area contributed by atoms with E-state index in [2.05, 4.69) is 6.58 Å². The molecule has 0 radical (unpaired) electrons. The van der Waals surface area contributed by atoms with Gasteiger partial charge in [-0.15, -0.1) is 0 Å². The van der Waals surface area contributed by atoms with Crippen molar-refractivity contribution in [2.24, 2.45) is 11.3 Å². The second kappa shape index (κ2) is 2.86. The van der Waals surface area contributed by atoms with Crippen LogP contribution in [0.15, 0.2) is 12.2 Å². The predicted molar refractivity (Wildman–Crippen MR) is 50.4 cm³/mol. The molecule has 72 valence electrons. The van der Waals surface area contributed by atoms with Crippen molar-refractivity contribution in [2.45, 2.75) is 38.5 Å². The highest BCUT2D eigenvalue weighted by atomic mass is 16.4. The van der Waals surface area contributed by atoms with Crippen LogP contribution in [0.25, 0.3) is 0 Å². The highest BCUT2D eigenvalue weighted by Crippen LogP contribution is 2.53. The minimum Gasteiger partial charge on any atom is -0.478 e. The molecule has 0 atom stereocenters. The van der Waals surface area contributed by atoms with E-state index in [1.165, 1.54) is 19.3 Å². The molecular formula is C11H16O2. The third kappa shape index (κ3) is 1.28. The van der Waals surface area contributed by atoms with Gasteiger partial charge in [-0.2, -0.15) is 0 Å². The molecule has 3 saturated carbocycles. The van der Waals surface area contributed by atoms with Crippen molar-refractivity contribution >= 4 is 5.97 Å². The van der Waals surface area contributed by atoms with Crippen LogP contribution < -0.4 is 0 Å². The molecule has 0 saturated heterocycles. The fourth-order valence-corrected chi connectivity index (χ4v) is 2.93. The molecule has 3 rings (SSSR count). The molecule has 2 heteroatoms. The first-order valence-electron chi connectivity index (χ1n) is 5.07. The van der Waals surface area contributed by atoms with Crippen molar-refractivity contribution in [3.63, 3.8) is 0 Å². The Labute approximate surface area is 78.6 Å². The summed E-state index contributed by atoms with van der Waals surface area (Å²) in [5, 5.41) is 8.95. The van der Waals surface area contributed by atoms with Gasteiger partial charge in [0, 0.05) is 11.0 Å². The van der Waals surface area contributed by atoms with Crippen molar-refractivity contribution in [1.82, 2.24) is 0 Å². The maximum absolute atomic E-state index is 10.9. The van der Waals surface area contributed by atoms with E-state index in [4.69, 9.17) is 5.11 Å². The fourth-order valence-electron chi connectivity index (χ4n) is 2.93. The average Bonchev–Trinajstić information content (AvgIpc) is 2.19. The van der Waals surface area contributed by atoms with Gasteiger partial charge in [-0.05, 0) is 44.4 Å². The molecular weight excluding hydrogens is 164 g/mol. The third-order valence-corrected chi connectivity index (χ3v) is 3.99. The summed E-state index contributed by atoms with van der Waals surface area (Å²) in [5.41, 5.74) is 0.436. The molecule has 0 unspecified atom stereocenters. The smallest absolute Gasteiger partial charge is 0.331 e. The minimum atomic E-state index is -0.791. The lowest BCUT2D eigenvalue weighted by molar-refractivity contribution is -0.134. The van der Waals surface area contributed by atoms with E-state index in [9.17, 15) is 4.79 Å². The number of carboxylic acids is 1. The number of hydrogen-bond acceptors (Lipinski definition) is 1. The van der Waals surface area contributed by atoms with Gasteiger partial charge >= 0.3 is 5.97 Å². The molecule has 3 fully saturated rings. The summed E-state index contributed by atoms with van der Waals surface area (Å²) in [6, 6.07) is 0. The summed E-state index contributed by atoms with van der Waals surface area (Å²) >= 11 is 0. The van der Waals surface area contributed by atoms with Crippen LogP contribution in [0.2, 0.25) is 0 Å². The Morgan fingerprint density at radius 2 is 1.69 bits per heavy atom. The lowest BCUT2D eigenvalue weighted by Gasteiger charge is -2.46. The molecule has 3 aliphatic rings. The Morgan fingerprint density at radius 1 is 1.23 bits per heavy atom. The molecule has 0 aromatic rings. The normalized spacial score (nSPS) is 37.4. The van der Waals surface area contributed by atoms with Gasteiger partial charge in [-0.3, -0.25) is 0 Å². The summed E-state index contributed by atoms with van der Waals surface area (Å²) in [4.78, 5) is 10.9. The van der Waals surface area contributed by atoms with Crippen LogP contribution in [0.5, 0.6) is 0 Å². The summed E-state index contributed by atoms with van der Waals surface area (Å²) in [6.07, 6.45) is 6.82. The SMILES string of the molecule is C=C(C(=O)O)C12CCC(CC1)CC2. The Balaban J connectivity index is 2.19. The molecule has 13 heavy (non-hydrogen) atoms. The third-order valence-electron chi connectivity index (χ3n) is 3.99. The Hall–Kier alpha value is -0.790. The summed E-state index contributed by atoms with van der Waals surface area (Å²) in [7, 11) is 0. The van der Waals surface area contributed by atoms with Gasteiger partial charge in [0.25, 0.3) is 0 Å². The van der Waals surface area contributed by atoms with Crippen LogP contribution in [0.3, 0.4) is 0 Å². The number of carboxylic acid groups (broad SMARTS) is 1. The van der Waals surface area contributed by atoms with E-state index in [-0.39, 0.29) is 5.41 Å². The van der Waals surface area contributed by atoms with Crippen LogP contribution in [0.4, 0.5) is 0 Å². The number of fused-ring (bicyclic) bond motifs is 3. The molecule has 2 nitrogen and oxygen atoms in total. The zero-order chi connectivity index (χ0) is 9.47. The summed E-state index contributed by atoms with van der Waals surface area (Å²) in [5.74, 6) is 0.0869. The van der Waals surface area contributed by atoms with E-state index in [0.717, 1.165) is 25.2 Å². The highest BCUT2D eigenvalue weighted by molar-refractivity contribution is 5.87. The lowest BCUT2D eigenvalue weighted by Crippen LogP contribution is -2.37. The van der Waals surface area contributed by atoms with Gasteiger partial charge in [0.1, 0.15) is 0 Å². The van der Waals surface area contributed by atoms with E-state index in [1.807, 2.05) is 0 Å². The Kier molecular flexibility index (Phi) is 1.94. The number of hydrogen-bond donors (Lipinski definition) is 1. The van der Waals surface area contributed by atoms with E-state index in [1.54, 1.807) is 0 Å². The quantitative estimate of drug-likeness (QED) is 0.663. The standard InChI is InChI=1S/C11H16O2/c1-8(10(12)13)11-5-2-9(3-6-11)4-7-11/h9H,1-7H2,(H,12,13). The van der Waals surface area contributed by atoms with E-state index < -0.39 is 5.97 Å². The van der Waals surface area contributed by atoms with Gasteiger partial charge in [0.2, 0.25) is 0 Å². The molecule has 0 aromatic heterocycles. The Bertz CT molecular complexity index is 233. The van der Waals surface area contributed by atoms with Gasteiger partial charge < -0.3 is 5.11 Å². The molecule has 0 aliphatic heterocycles. The van der Waals surface area contributed by atoms with Crippen molar-refractivity contribution in [1.29, 1.82) is 0 Å². The molecule has 3 aliphatic carbocycles. The first-order valence-corrected chi connectivity index (χ1v) is 5.07. The van der Waals surface area contributed by atoms with Crippen LogP contribution in [-0.4, -0.2) is 11.1 Å². The molecule has 0 heterocycles. The monoisotopic (exact) mass is 180 g/mol.